The van der Waals surface area contributed by atoms with Gasteiger partial charge < -0.3 is 14.2 Å². The lowest BCUT2D eigenvalue weighted by Gasteiger charge is -2.18. The SMILES string of the molecule is Cc1cnc(C2CC2)n1CC1CCN(C(=O)COc2ccccc2)C1. The molecule has 2 aliphatic rings. The molecular formula is C20H25N3O2. The van der Waals surface area contributed by atoms with Crippen LogP contribution in [0.2, 0.25) is 0 Å². The molecule has 0 radical (unpaired) electrons. The van der Waals surface area contributed by atoms with E-state index < -0.39 is 0 Å². The molecule has 2 heterocycles. The largest absolute Gasteiger partial charge is 0.484 e. The van der Waals surface area contributed by atoms with E-state index >= 15 is 0 Å². The summed E-state index contributed by atoms with van der Waals surface area (Å²) in [5, 5.41) is 0. The highest BCUT2D eigenvalue weighted by molar-refractivity contribution is 5.78. The van der Waals surface area contributed by atoms with Crippen molar-refractivity contribution < 1.29 is 9.53 Å². The fourth-order valence-electron chi connectivity index (χ4n) is 3.60. The van der Waals surface area contributed by atoms with Gasteiger partial charge in [-0.05, 0) is 44.2 Å². The molecule has 1 saturated carbocycles. The zero-order valence-electron chi connectivity index (χ0n) is 14.7. The molecule has 0 spiro atoms. The van der Waals surface area contributed by atoms with Crippen LogP contribution >= 0.6 is 0 Å². The number of ether oxygens (including phenoxy) is 1. The molecule has 1 saturated heterocycles. The van der Waals surface area contributed by atoms with Gasteiger partial charge in [0.2, 0.25) is 0 Å². The summed E-state index contributed by atoms with van der Waals surface area (Å²) in [5.41, 5.74) is 1.24. The summed E-state index contributed by atoms with van der Waals surface area (Å²) in [5.74, 6) is 3.23. The van der Waals surface area contributed by atoms with Gasteiger partial charge in [0.25, 0.3) is 5.91 Å². The van der Waals surface area contributed by atoms with Crippen LogP contribution in [0, 0.1) is 12.8 Å². The maximum absolute atomic E-state index is 12.4. The summed E-state index contributed by atoms with van der Waals surface area (Å²) in [6.07, 6.45) is 5.57. The first-order valence-electron chi connectivity index (χ1n) is 9.18. The van der Waals surface area contributed by atoms with Crippen molar-refractivity contribution in [3.63, 3.8) is 0 Å². The molecule has 25 heavy (non-hydrogen) atoms. The topological polar surface area (TPSA) is 47.4 Å². The van der Waals surface area contributed by atoms with E-state index in [0.717, 1.165) is 31.8 Å². The second kappa shape index (κ2) is 6.90. The number of likely N-dealkylation sites (tertiary alicyclic amines) is 1. The van der Waals surface area contributed by atoms with Gasteiger partial charge in [-0.1, -0.05) is 18.2 Å². The number of carbonyl (C=O) groups is 1. The predicted molar refractivity (Wildman–Crippen MR) is 95.6 cm³/mol. The lowest BCUT2D eigenvalue weighted by molar-refractivity contribution is -0.132. The van der Waals surface area contributed by atoms with Crippen LogP contribution in [0.5, 0.6) is 5.75 Å². The second-order valence-electron chi connectivity index (χ2n) is 7.24. The molecule has 0 bridgehead atoms. The molecule has 2 fully saturated rings. The van der Waals surface area contributed by atoms with Crippen molar-refractivity contribution >= 4 is 5.91 Å². The Labute approximate surface area is 148 Å². The summed E-state index contributed by atoms with van der Waals surface area (Å²) in [4.78, 5) is 18.9. The van der Waals surface area contributed by atoms with Gasteiger partial charge in [-0.2, -0.15) is 0 Å². The average Bonchev–Trinajstić information content (AvgIpc) is 3.26. The minimum atomic E-state index is 0.0797. The molecule has 1 aliphatic heterocycles. The minimum Gasteiger partial charge on any atom is -0.484 e. The summed E-state index contributed by atoms with van der Waals surface area (Å²) in [7, 11) is 0. The standard InChI is InChI=1S/C20H25N3O2/c1-15-11-21-20(17-7-8-17)23(15)13-16-9-10-22(12-16)19(24)14-25-18-5-3-2-4-6-18/h2-6,11,16-17H,7-10,12-14H2,1H3. The van der Waals surface area contributed by atoms with Crippen molar-refractivity contribution in [1.29, 1.82) is 0 Å². The molecule has 1 amide bonds. The molecule has 0 N–H and O–H groups in total. The highest BCUT2D eigenvalue weighted by atomic mass is 16.5. The van der Waals surface area contributed by atoms with E-state index in [-0.39, 0.29) is 12.5 Å². The summed E-state index contributed by atoms with van der Waals surface area (Å²) in [6, 6.07) is 9.52. The van der Waals surface area contributed by atoms with Crippen molar-refractivity contribution in [1.82, 2.24) is 14.5 Å². The summed E-state index contributed by atoms with van der Waals surface area (Å²) < 4.78 is 7.96. The highest BCUT2D eigenvalue weighted by Gasteiger charge is 2.31. The van der Waals surface area contributed by atoms with Crippen LogP contribution in [-0.4, -0.2) is 40.1 Å². The van der Waals surface area contributed by atoms with Crippen LogP contribution < -0.4 is 4.74 Å². The highest BCUT2D eigenvalue weighted by Crippen LogP contribution is 2.40. The molecule has 1 atom stereocenters. The Hall–Kier alpha value is -2.30. The van der Waals surface area contributed by atoms with E-state index in [2.05, 4.69) is 16.5 Å². The van der Waals surface area contributed by atoms with Gasteiger partial charge in [0, 0.05) is 37.4 Å². The van der Waals surface area contributed by atoms with Crippen LogP contribution in [0.15, 0.2) is 36.5 Å². The quantitative estimate of drug-likeness (QED) is 0.813. The van der Waals surface area contributed by atoms with Crippen LogP contribution in [0.25, 0.3) is 0 Å². The molecule has 132 valence electrons. The van der Waals surface area contributed by atoms with Crippen LogP contribution in [0.1, 0.15) is 36.7 Å². The monoisotopic (exact) mass is 339 g/mol. The average molecular weight is 339 g/mol. The van der Waals surface area contributed by atoms with Gasteiger partial charge in [0.05, 0.1) is 0 Å². The first-order chi connectivity index (χ1) is 12.2. The Morgan fingerprint density at radius 1 is 1.24 bits per heavy atom. The number of aryl methyl sites for hydroxylation is 1. The fraction of sp³-hybridized carbons (Fsp3) is 0.500. The maximum Gasteiger partial charge on any atom is 0.260 e. The number of nitrogens with zero attached hydrogens (tertiary/aromatic N) is 3. The number of hydrogen-bond acceptors (Lipinski definition) is 3. The Bertz CT molecular complexity index is 737. The van der Waals surface area contributed by atoms with Crippen molar-refractivity contribution in [3.05, 3.63) is 48.0 Å². The van der Waals surface area contributed by atoms with Gasteiger partial charge in [0.15, 0.2) is 6.61 Å². The van der Waals surface area contributed by atoms with Gasteiger partial charge >= 0.3 is 0 Å². The minimum absolute atomic E-state index is 0.0797. The third kappa shape index (κ3) is 3.70. The molecule has 2 aromatic rings. The van der Waals surface area contributed by atoms with Crippen molar-refractivity contribution in [2.75, 3.05) is 19.7 Å². The third-order valence-corrected chi connectivity index (χ3v) is 5.21. The Balaban J connectivity index is 1.31. The number of carbonyl (C=O) groups excluding carboxylic acids is 1. The number of para-hydroxylation sites is 1. The molecule has 1 aromatic carbocycles. The number of benzene rings is 1. The Kier molecular flexibility index (Phi) is 4.47. The molecular weight excluding hydrogens is 314 g/mol. The molecule has 5 heteroatoms. The fourth-order valence-corrected chi connectivity index (χ4v) is 3.60. The molecule has 1 aromatic heterocycles. The van der Waals surface area contributed by atoms with Crippen molar-refractivity contribution in [2.45, 2.75) is 38.6 Å². The molecule has 1 unspecified atom stereocenters. The van der Waals surface area contributed by atoms with E-state index in [0.29, 0.717) is 11.8 Å². The van der Waals surface area contributed by atoms with E-state index in [9.17, 15) is 4.79 Å². The first-order valence-corrected chi connectivity index (χ1v) is 9.18. The number of imidazole rings is 1. The number of aromatic nitrogens is 2. The van der Waals surface area contributed by atoms with Gasteiger partial charge in [0.1, 0.15) is 11.6 Å². The van der Waals surface area contributed by atoms with E-state index in [1.54, 1.807) is 0 Å². The van der Waals surface area contributed by atoms with Crippen LogP contribution in [0.4, 0.5) is 0 Å². The van der Waals surface area contributed by atoms with Crippen LogP contribution in [-0.2, 0) is 11.3 Å². The smallest absolute Gasteiger partial charge is 0.260 e. The zero-order chi connectivity index (χ0) is 17.2. The second-order valence-corrected chi connectivity index (χ2v) is 7.24. The van der Waals surface area contributed by atoms with Gasteiger partial charge in [-0.15, -0.1) is 0 Å². The van der Waals surface area contributed by atoms with E-state index in [1.807, 2.05) is 41.4 Å². The lowest BCUT2D eigenvalue weighted by Crippen LogP contribution is -2.33. The molecule has 4 rings (SSSR count). The Morgan fingerprint density at radius 2 is 2.04 bits per heavy atom. The van der Waals surface area contributed by atoms with Crippen molar-refractivity contribution in [3.8, 4) is 5.75 Å². The lowest BCUT2D eigenvalue weighted by atomic mass is 10.1. The molecule has 1 aliphatic carbocycles. The summed E-state index contributed by atoms with van der Waals surface area (Å²) in [6.45, 7) is 4.87. The maximum atomic E-state index is 12.4. The van der Waals surface area contributed by atoms with Crippen LogP contribution in [0.3, 0.4) is 0 Å². The Morgan fingerprint density at radius 3 is 2.80 bits per heavy atom. The van der Waals surface area contributed by atoms with Gasteiger partial charge in [-0.25, -0.2) is 4.98 Å². The van der Waals surface area contributed by atoms with E-state index in [1.165, 1.54) is 24.4 Å². The normalized spacial score (nSPS) is 20.0. The number of rotatable bonds is 6. The summed E-state index contributed by atoms with van der Waals surface area (Å²) >= 11 is 0. The number of hydrogen-bond donors (Lipinski definition) is 0. The third-order valence-electron chi connectivity index (χ3n) is 5.21. The van der Waals surface area contributed by atoms with Crippen molar-refractivity contribution in [2.24, 2.45) is 5.92 Å². The number of amides is 1. The predicted octanol–water partition coefficient (Wildman–Crippen LogP) is 3.00. The molecule has 5 nitrogen and oxygen atoms in total. The van der Waals surface area contributed by atoms with E-state index in [4.69, 9.17) is 4.74 Å². The first kappa shape index (κ1) is 16.2. The zero-order valence-corrected chi connectivity index (χ0v) is 14.7. The van der Waals surface area contributed by atoms with Gasteiger partial charge in [-0.3, -0.25) is 4.79 Å².